The van der Waals surface area contributed by atoms with Crippen LogP contribution in [0.25, 0.3) is 0 Å². The number of rotatable bonds is 4. The highest BCUT2D eigenvalue weighted by atomic mass is 15.1. The Morgan fingerprint density at radius 2 is 1.85 bits per heavy atom. The van der Waals surface area contributed by atoms with Gasteiger partial charge in [0, 0.05) is 6.04 Å². The summed E-state index contributed by atoms with van der Waals surface area (Å²) in [5, 5.41) is 0. The van der Waals surface area contributed by atoms with Gasteiger partial charge in [0.15, 0.2) is 0 Å². The van der Waals surface area contributed by atoms with Gasteiger partial charge in [0.05, 0.1) is 0 Å². The van der Waals surface area contributed by atoms with Crippen molar-refractivity contribution in [3.63, 3.8) is 0 Å². The van der Waals surface area contributed by atoms with E-state index in [4.69, 9.17) is 5.73 Å². The quantitative estimate of drug-likeness (QED) is 0.759. The highest BCUT2D eigenvalue weighted by molar-refractivity contribution is 5.18. The first-order valence-electron chi connectivity index (χ1n) is 4.67. The number of benzene rings is 1. The molecule has 0 saturated heterocycles. The van der Waals surface area contributed by atoms with Crippen molar-refractivity contribution in [2.24, 2.45) is 5.73 Å². The van der Waals surface area contributed by atoms with Crippen LogP contribution in [0.2, 0.25) is 0 Å². The summed E-state index contributed by atoms with van der Waals surface area (Å²) in [6.07, 6.45) is 1.01. The van der Waals surface area contributed by atoms with E-state index >= 15 is 0 Å². The highest BCUT2D eigenvalue weighted by Crippen LogP contribution is 2.20. The van der Waals surface area contributed by atoms with Crippen molar-refractivity contribution >= 4 is 0 Å². The zero-order valence-electron chi connectivity index (χ0n) is 8.40. The summed E-state index contributed by atoms with van der Waals surface area (Å²) >= 11 is 0. The molecule has 0 radical (unpaired) electrons. The van der Waals surface area contributed by atoms with Gasteiger partial charge in [0.1, 0.15) is 0 Å². The molecule has 0 bridgehead atoms. The topological polar surface area (TPSA) is 29.3 Å². The van der Waals surface area contributed by atoms with E-state index in [1.54, 1.807) is 0 Å². The van der Waals surface area contributed by atoms with E-state index in [0.717, 1.165) is 13.0 Å². The molecule has 0 aliphatic heterocycles. The molecule has 72 valence electrons. The maximum atomic E-state index is 5.58. The lowest BCUT2D eigenvalue weighted by molar-refractivity contribution is 0.287. The van der Waals surface area contributed by atoms with Crippen molar-refractivity contribution in [3.8, 4) is 0 Å². The monoisotopic (exact) mass is 178 g/mol. The van der Waals surface area contributed by atoms with Crippen LogP contribution >= 0.6 is 0 Å². The molecule has 0 heterocycles. The van der Waals surface area contributed by atoms with Crippen LogP contribution in [-0.2, 0) is 0 Å². The molecule has 1 aromatic rings. The van der Waals surface area contributed by atoms with Crippen molar-refractivity contribution in [2.45, 2.75) is 12.5 Å². The predicted octanol–water partition coefficient (Wildman–Crippen LogP) is 1.64. The van der Waals surface area contributed by atoms with Crippen LogP contribution in [0.1, 0.15) is 18.0 Å². The van der Waals surface area contributed by atoms with Gasteiger partial charge in [-0.2, -0.15) is 0 Å². The van der Waals surface area contributed by atoms with Crippen LogP contribution in [0.4, 0.5) is 0 Å². The SMILES string of the molecule is CN(C)[C@@H](CCN)c1ccccc1. The molecule has 0 amide bonds. The summed E-state index contributed by atoms with van der Waals surface area (Å²) in [6.45, 7) is 0.734. The third kappa shape index (κ3) is 2.83. The molecule has 1 rings (SSSR count). The van der Waals surface area contributed by atoms with E-state index in [1.807, 2.05) is 6.07 Å². The largest absolute Gasteiger partial charge is 0.330 e. The van der Waals surface area contributed by atoms with Crippen LogP contribution < -0.4 is 5.73 Å². The first kappa shape index (κ1) is 10.2. The molecule has 0 fully saturated rings. The van der Waals surface area contributed by atoms with Crippen molar-refractivity contribution in [1.29, 1.82) is 0 Å². The Balaban J connectivity index is 2.76. The van der Waals surface area contributed by atoms with Crippen molar-refractivity contribution in [1.82, 2.24) is 4.90 Å². The summed E-state index contributed by atoms with van der Waals surface area (Å²) in [7, 11) is 4.18. The second-order valence-corrected chi connectivity index (χ2v) is 3.47. The average Bonchev–Trinajstić information content (AvgIpc) is 2.15. The summed E-state index contributed by atoms with van der Waals surface area (Å²) in [5.74, 6) is 0. The summed E-state index contributed by atoms with van der Waals surface area (Å²) in [6, 6.07) is 10.9. The first-order chi connectivity index (χ1) is 6.25. The second-order valence-electron chi connectivity index (χ2n) is 3.47. The standard InChI is InChI=1S/C11H18N2/c1-13(2)11(8-9-12)10-6-4-3-5-7-10/h3-7,11H,8-9,12H2,1-2H3/t11-/m0/s1. The fourth-order valence-corrected chi connectivity index (χ4v) is 1.56. The minimum atomic E-state index is 0.450. The molecule has 0 saturated carbocycles. The average molecular weight is 178 g/mol. The Bertz CT molecular complexity index is 231. The van der Waals surface area contributed by atoms with E-state index in [-0.39, 0.29) is 0 Å². The fourth-order valence-electron chi connectivity index (χ4n) is 1.56. The van der Waals surface area contributed by atoms with Crippen LogP contribution in [-0.4, -0.2) is 25.5 Å². The second kappa shape index (κ2) is 5.00. The third-order valence-corrected chi connectivity index (χ3v) is 2.25. The summed E-state index contributed by atoms with van der Waals surface area (Å²) in [4.78, 5) is 2.21. The van der Waals surface area contributed by atoms with Crippen molar-refractivity contribution < 1.29 is 0 Å². The van der Waals surface area contributed by atoms with E-state index in [2.05, 4.69) is 43.3 Å². The smallest absolute Gasteiger partial charge is 0.0354 e. The van der Waals surface area contributed by atoms with E-state index < -0.39 is 0 Å². The van der Waals surface area contributed by atoms with Crippen molar-refractivity contribution in [3.05, 3.63) is 35.9 Å². The molecule has 1 aromatic carbocycles. The Morgan fingerprint density at radius 3 is 2.31 bits per heavy atom. The van der Waals surface area contributed by atoms with E-state index in [0.29, 0.717) is 6.04 Å². The maximum Gasteiger partial charge on any atom is 0.0354 e. The lowest BCUT2D eigenvalue weighted by Crippen LogP contribution is -2.22. The van der Waals surface area contributed by atoms with Gasteiger partial charge in [-0.1, -0.05) is 30.3 Å². The zero-order chi connectivity index (χ0) is 9.68. The molecule has 0 spiro atoms. The van der Waals surface area contributed by atoms with Crippen LogP contribution in [0.5, 0.6) is 0 Å². The Kier molecular flexibility index (Phi) is 3.93. The minimum Gasteiger partial charge on any atom is -0.330 e. The first-order valence-corrected chi connectivity index (χ1v) is 4.67. The molecule has 2 N–H and O–H groups in total. The number of hydrogen-bond acceptors (Lipinski definition) is 2. The third-order valence-electron chi connectivity index (χ3n) is 2.25. The number of nitrogens with two attached hydrogens (primary N) is 1. The molecule has 1 atom stereocenters. The zero-order valence-corrected chi connectivity index (χ0v) is 8.40. The molecule has 0 aliphatic rings. The molecule has 0 aliphatic carbocycles. The fraction of sp³-hybridized carbons (Fsp3) is 0.455. The lowest BCUT2D eigenvalue weighted by atomic mass is 10.0. The minimum absolute atomic E-state index is 0.450. The van der Waals surface area contributed by atoms with Crippen molar-refractivity contribution in [2.75, 3.05) is 20.6 Å². The van der Waals surface area contributed by atoms with Gasteiger partial charge < -0.3 is 10.6 Å². The Labute approximate surface area is 80.4 Å². The molecular weight excluding hydrogens is 160 g/mol. The van der Waals surface area contributed by atoms with Crippen LogP contribution in [0.3, 0.4) is 0 Å². The van der Waals surface area contributed by atoms with Gasteiger partial charge >= 0.3 is 0 Å². The Morgan fingerprint density at radius 1 is 1.23 bits per heavy atom. The molecular formula is C11H18N2. The summed E-state index contributed by atoms with van der Waals surface area (Å²) < 4.78 is 0. The van der Waals surface area contributed by atoms with E-state index in [1.165, 1.54) is 5.56 Å². The van der Waals surface area contributed by atoms with Gasteiger partial charge in [-0.05, 0) is 32.6 Å². The van der Waals surface area contributed by atoms with Gasteiger partial charge in [0.2, 0.25) is 0 Å². The molecule has 2 heteroatoms. The molecule has 0 aromatic heterocycles. The molecule has 13 heavy (non-hydrogen) atoms. The van der Waals surface area contributed by atoms with Gasteiger partial charge in [-0.25, -0.2) is 0 Å². The van der Waals surface area contributed by atoms with Crippen LogP contribution in [0, 0.1) is 0 Å². The normalized spacial score (nSPS) is 13.2. The van der Waals surface area contributed by atoms with Crippen LogP contribution in [0.15, 0.2) is 30.3 Å². The Hall–Kier alpha value is -0.860. The van der Waals surface area contributed by atoms with E-state index in [9.17, 15) is 0 Å². The molecule has 2 nitrogen and oxygen atoms in total. The molecule has 0 unspecified atom stereocenters. The lowest BCUT2D eigenvalue weighted by Gasteiger charge is -2.24. The van der Waals surface area contributed by atoms with Gasteiger partial charge in [-0.15, -0.1) is 0 Å². The maximum absolute atomic E-state index is 5.58. The number of hydrogen-bond donors (Lipinski definition) is 1. The summed E-state index contributed by atoms with van der Waals surface area (Å²) in [5.41, 5.74) is 6.92. The number of nitrogens with zero attached hydrogens (tertiary/aromatic N) is 1. The van der Waals surface area contributed by atoms with Gasteiger partial charge in [0.25, 0.3) is 0 Å². The van der Waals surface area contributed by atoms with Gasteiger partial charge in [-0.3, -0.25) is 0 Å². The highest BCUT2D eigenvalue weighted by Gasteiger charge is 2.11. The predicted molar refractivity (Wildman–Crippen MR) is 56.5 cm³/mol.